The lowest BCUT2D eigenvalue weighted by Crippen LogP contribution is -2.62. The van der Waals surface area contributed by atoms with Crippen LogP contribution >= 0.6 is 23.5 Å². The van der Waals surface area contributed by atoms with Crippen LogP contribution in [0.5, 0.6) is 0 Å². The van der Waals surface area contributed by atoms with Gasteiger partial charge >= 0.3 is 5.97 Å². The Balaban J connectivity index is 1.43. The number of aromatic nitrogens is 2. The number of benzene rings is 1. The summed E-state index contributed by atoms with van der Waals surface area (Å²) in [5, 5.41) is 9.45. The fourth-order valence-electron chi connectivity index (χ4n) is 3.56. The van der Waals surface area contributed by atoms with E-state index in [-0.39, 0.29) is 35.6 Å². The quantitative estimate of drug-likeness (QED) is 0.493. The molecule has 7 nitrogen and oxygen atoms in total. The van der Waals surface area contributed by atoms with Crippen molar-refractivity contribution in [3.63, 3.8) is 0 Å². The number of carboxylic acids is 1. The topological polar surface area (TPSA) is 100 Å². The van der Waals surface area contributed by atoms with E-state index >= 15 is 0 Å². The van der Waals surface area contributed by atoms with Gasteiger partial charge in [0.25, 0.3) is 0 Å². The van der Waals surface area contributed by atoms with E-state index < -0.39 is 11.9 Å². The molecule has 1 aromatic heterocycles. The van der Waals surface area contributed by atoms with Gasteiger partial charge in [-0.1, -0.05) is 18.2 Å². The molecule has 0 aliphatic carbocycles. The van der Waals surface area contributed by atoms with Crippen molar-refractivity contribution in [1.29, 1.82) is 0 Å². The molecule has 9 heteroatoms. The van der Waals surface area contributed by atoms with E-state index in [1.165, 1.54) is 23.0 Å². The van der Waals surface area contributed by atoms with E-state index in [1.807, 2.05) is 30.3 Å². The minimum Gasteiger partial charge on any atom is -0.477 e. The number of thioether (sulfide) groups is 2. The highest BCUT2D eigenvalue weighted by atomic mass is 32.2. The lowest BCUT2D eigenvalue weighted by atomic mass is 9.89. The summed E-state index contributed by atoms with van der Waals surface area (Å²) in [6, 6.07) is 11.4. The van der Waals surface area contributed by atoms with Crippen molar-refractivity contribution in [2.75, 3.05) is 11.5 Å². The molecule has 1 saturated heterocycles. The number of hydrogen-bond donors (Lipinski definition) is 1. The molecule has 0 bridgehead atoms. The van der Waals surface area contributed by atoms with E-state index in [0.717, 1.165) is 10.5 Å². The maximum atomic E-state index is 12.7. The van der Waals surface area contributed by atoms with Gasteiger partial charge in [0.15, 0.2) is 0 Å². The lowest BCUT2D eigenvalue weighted by molar-refractivity contribution is -0.153. The molecule has 1 unspecified atom stereocenters. The number of rotatable bonds is 8. The Kier molecular flexibility index (Phi) is 6.19. The normalized spacial score (nSPS) is 20.5. The molecule has 2 aromatic rings. The highest BCUT2D eigenvalue weighted by molar-refractivity contribution is 8.01. The zero-order valence-corrected chi connectivity index (χ0v) is 17.6. The zero-order chi connectivity index (χ0) is 21.1. The van der Waals surface area contributed by atoms with Crippen LogP contribution in [0.25, 0.3) is 0 Å². The van der Waals surface area contributed by atoms with Crippen LogP contribution < -0.4 is 0 Å². The maximum Gasteiger partial charge on any atom is 0.352 e. The number of hydrogen-bond acceptors (Lipinski definition) is 7. The lowest BCUT2D eigenvalue weighted by Gasteiger charge is -2.49. The molecule has 1 N–H and O–H groups in total. The fraction of sp³-hybridized carbons (Fsp3) is 0.286. The molecular weight excluding hydrogens is 422 g/mol. The minimum absolute atomic E-state index is 0.0756. The third kappa shape index (κ3) is 4.27. The molecule has 1 amide bonds. The number of carbonyl (C=O) groups is 3. The molecule has 0 radical (unpaired) electrons. The first-order chi connectivity index (χ1) is 14.5. The van der Waals surface area contributed by atoms with Gasteiger partial charge in [-0.15, -0.1) is 23.5 Å². The average molecular weight is 442 g/mol. The summed E-state index contributed by atoms with van der Waals surface area (Å²) in [6.45, 7) is 0. The summed E-state index contributed by atoms with van der Waals surface area (Å²) in [7, 11) is 0. The van der Waals surface area contributed by atoms with Gasteiger partial charge in [-0.2, -0.15) is 0 Å². The molecule has 0 spiro atoms. The van der Waals surface area contributed by atoms with Crippen LogP contribution in [0.15, 0.2) is 65.1 Å². The Bertz CT molecular complexity index is 998. The molecule has 2 aliphatic rings. The summed E-state index contributed by atoms with van der Waals surface area (Å²) in [4.78, 5) is 47.4. The highest BCUT2D eigenvalue weighted by Crippen LogP contribution is 2.46. The van der Waals surface area contributed by atoms with Gasteiger partial charge in [0.05, 0.1) is 17.0 Å². The summed E-state index contributed by atoms with van der Waals surface area (Å²) in [6.07, 6.45) is 3.19. The Hall–Kier alpha value is -2.65. The molecule has 2 atom stereocenters. The van der Waals surface area contributed by atoms with E-state index in [4.69, 9.17) is 0 Å². The molecule has 3 heterocycles. The fourth-order valence-corrected chi connectivity index (χ4v) is 6.03. The standard InChI is InChI=1S/C21H19N3O4S2/c25-15(8-14-6-7-22-12-23-14)9-17-19(26)24-18(21(27)28)13(11-30-20(17)24)10-29-16-4-2-1-3-5-16/h1-7,12,17,20H,8-11H2,(H,27,28)/t17-,20?/m1/s1. The second kappa shape index (κ2) is 9.01. The molecule has 154 valence electrons. The molecule has 1 fully saturated rings. The molecular formula is C21H19N3O4S2. The predicted octanol–water partition coefficient (Wildman–Crippen LogP) is 2.64. The smallest absolute Gasteiger partial charge is 0.352 e. The number of carboxylic acid groups (broad SMARTS) is 1. The van der Waals surface area contributed by atoms with E-state index in [9.17, 15) is 19.5 Å². The molecule has 2 aliphatic heterocycles. The number of β-lactam (4-membered cyclic amide) rings is 1. The van der Waals surface area contributed by atoms with Crippen LogP contribution in [0, 0.1) is 5.92 Å². The number of nitrogens with zero attached hydrogens (tertiary/aromatic N) is 3. The second-order valence-corrected chi connectivity index (χ2v) is 9.15. The SMILES string of the molecule is O=C(Cc1ccncn1)C[C@@H]1C(=O)N2C(C(=O)O)=C(CSc3ccccc3)CSC12. The van der Waals surface area contributed by atoms with Crippen LogP contribution in [-0.4, -0.2) is 54.5 Å². The maximum absolute atomic E-state index is 12.7. The Morgan fingerprint density at radius 2 is 2.03 bits per heavy atom. The van der Waals surface area contributed by atoms with Crippen molar-refractivity contribution in [2.45, 2.75) is 23.1 Å². The van der Waals surface area contributed by atoms with Gasteiger partial charge in [-0.25, -0.2) is 14.8 Å². The first kappa shape index (κ1) is 20.6. The Labute approximate surface area is 182 Å². The van der Waals surface area contributed by atoms with Gasteiger partial charge in [0.1, 0.15) is 17.8 Å². The summed E-state index contributed by atoms with van der Waals surface area (Å²) >= 11 is 3.08. The van der Waals surface area contributed by atoms with Crippen molar-refractivity contribution in [3.8, 4) is 0 Å². The van der Waals surface area contributed by atoms with Crippen LogP contribution in [0.3, 0.4) is 0 Å². The van der Waals surface area contributed by atoms with Crippen molar-refractivity contribution in [2.24, 2.45) is 5.92 Å². The summed E-state index contributed by atoms with van der Waals surface area (Å²) in [5.41, 5.74) is 1.42. The molecule has 0 saturated carbocycles. The third-order valence-corrected chi connectivity index (χ3v) is 7.48. The highest BCUT2D eigenvalue weighted by Gasteiger charge is 2.53. The average Bonchev–Trinajstić information content (AvgIpc) is 2.76. The summed E-state index contributed by atoms with van der Waals surface area (Å²) in [5.74, 6) is -0.912. The third-order valence-electron chi connectivity index (χ3n) is 4.99. The summed E-state index contributed by atoms with van der Waals surface area (Å²) < 4.78 is 0. The number of fused-ring (bicyclic) bond motifs is 1. The second-order valence-electron chi connectivity index (χ2n) is 7.00. The van der Waals surface area contributed by atoms with Crippen molar-refractivity contribution < 1.29 is 19.5 Å². The molecule has 1 aromatic carbocycles. The Morgan fingerprint density at radius 3 is 2.73 bits per heavy atom. The molecule has 30 heavy (non-hydrogen) atoms. The van der Waals surface area contributed by atoms with Crippen LogP contribution in [-0.2, 0) is 20.8 Å². The zero-order valence-electron chi connectivity index (χ0n) is 15.9. The number of amides is 1. The van der Waals surface area contributed by atoms with Gasteiger partial charge in [-0.05, 0) is 23.8 Å². The number of aliphatic carboxylic acids is 1. The number of Topliss-reactive ketones (excluding diaryl/α,β-unsaturated/α-hetero) is 1. The largest absolute Gasteiger partial charge is 0.477 e. The first-order valence-electron chi connectivity index (χ1n) is 9.39. The van der Waals surface area contributed by atoms with E-state index in [0.29, 0.717) is 17.2 Å². The number of ketones is 1. The van der Waals surface area contributed by atoms with Crippen molar-refractivity contribution in [1.82, 2.24) is 14.9 Å². The number of carbonyl (C=O) groups excluding carboxylic acids is 2. The van der Waals surface area contributed by atoms with Gasteiger partial charge < -0.3 is 5.11 Å². The van der Waals surface area contributed by atoms with Crippen molar-refractivity contribution in [3.05, 3.63) is 65.9 Å². The van der Waals surface area contributed by atoms with Crippen LogP contribution in [0.2, 0.25) is 0 Å². The van der Waals surface area contributed by atoms with E-state index in [1.54, 1.807) is 24.0 Å². The van der Waals surface area contributed by atoms with Crippen molar-refractivity contribution >= 4 is 41.2 Å². The molecule has 4 rings (SSSR count). The van der Waals surface area contributed by atoms with Gasteiger partial charge in [0.2, 0.25) is 5.91 Å². The monoisotopic (exact) mass is 441 g/mol. The Morgan fingerprint density at radius 1 is 1.23 bits per heavy atom. The predicted molar refractivity (Wildman–Crippen MR) is 114 cm³/mol. The van der Waals surface area contributed by atoms with Gasteiger partial charge in [0, 0.05) is 35.4 Å². The van der Waals surface area contributed by atoms with Gasteiger partial charge in [-0.3, -0.25) is 14.5 Å². The van der Waals surface area contributed by atoms with Crippen LogP contribution in [0.1, 0.15) is 12.1 Å². The first-order valence-corrected chi connectivity index (χ1v) is 11.4. The van der Waals surface area contributed by atoms with Crippen LogP contribution in [0.4, 0.5) is 0 Å². The van der Waals surface area contributed by atoms with E-state index in [2.05, 4.69) is 9.97 Å². The minimum atomic E-state index is -1.09.